The third-order valence-electron chi connectivity index (χ3n) is 2.77. The number of alkyl halides is 2. The molecule has 0 aliphatic rings. The number of hydrogen-bond acceptors (Lipinski definition) is 2. The van der Waals surface area contributed by atoms with Crippen LogP contribution in [0.4, 0.5) is 14.5 Å². The van der Waals surface area contributed by atoms with Crippen molar-refractivity contribution in [1.29, 1.82) is 0 Å². The predicted octanol–water partition coefficient (Wildman–Crippen LogP) is 4.18. The lowest BCUT2D eigenvalue weighted by Gasteiger charge is -2.20. The Balaban J connectivity index is 2.55. The van der Waals surface area contributed by atoms with Crippen LogP contribution in [0, 0.1) is 0 Å². The Morgan fingerprint density at radius 3 is 2.32 bits per heavy atom. The summed E-state index contributed by atoms with van der Waals surface area (Å²) in [5, 5.41) is 0. The highest BCUT2D eigenvalue weighted by Crippen LogP contribution is 2.41. The molecule has 2 nitrogen and oxygen atoms in total. The second kappa shape index (κ2) is 5.17. The second-order valence-electron chi connectivity index (χ2n) is 4.04. The van der Waals surface area contributed by atoms with Gasteiger partial charge in [0, 0.05) is 15.7 Å². The number of rotatable bonds is 3. The summed E-state index contributed by atoms with van der Waals surface area (Å²) in [5.41, 5.74) is 5.64. The summed E-state index contributed by atoms with van der Waals surface area (Å²) in [5.74, 6) is -3.01. The molecule has 2 aromatic rings. The van der Waals surface area contributed by atoms with E-state index in [1.807, 2.05) is 0 Å². The van der Waals surface area contributed by atoms with Crippen LogP contribution in [-0.2, 0) is 5.92 Å². The molecule has 2 aromatic carbocycles. The van der Waals surface area contributed by atoms with Crippen LogP contribution in [0.3, 0.4) is 0 Å². The Morgan fingerprint density at radius 2 is 1.74 bits per heavy atom. The van der Waals surface area contributed by atoms with Crippen LogP contribution in [0.5, 0.6) is 5.75 Å². The Labute approximate surface area is 118 Å². The fraction of sp³-hybridized carbons (Fsp3) is 0.143. The van der Waals surface area contributed by atoms with Gasteiger partial charge in [-0.2, -0.15) is 8.78 Å². The van der Waals surface area contributed by atoms with Crippen molar-refractivity contribution >= 4 is 21.6 Å². The first-order valence-corrected chi connectivity index (χ1v) is 6.32. The lowest BCUT2D eigenvalue weighted by Crippen LogP contribution is -2.16. The Hall–Kier alpha value is -1.62. The van der Waals surface area contributed by atoms with Crippen molar-refractivity contribution in [2.75, 3.05) is 12.8 Å². The van der Waals surface area contributed by atoms with E-state index in [0.29, 0.717) is 10.2 Å². The number of methoxy groups -OCH3 is 1. The van der Waals surface area contributed by atoms with Gasteiger partial charge in [0.05, 0.1) is 12.7 Å². The van der Waals surface area contributed by atoms with Crippen molar-refractivity contribution < 1.29 is 13.5 Å². The summed E-state index contributed by atoms with van der Waals surface area (Å²) >= 11 is 3.19. The first-order chi connectivity index (χ1) is 8.95. The fourth-order valence-electron chi connectivity index (χ4n) is 1.77. The number of hydrogen-bond donors (Lipinski definition) is 1. The topological polar surface area (TPSA) is 35.2 Å². The number of halogens is 3. The Kier molecular flexibility index (Phi) is 3.75. The van der Waals surface area contributed by atoms with E-state index in [2.05, 4.69) is 15.9 Å². The monoisotopic (exact) mass is 327 g/mol. The molecule has 0 saturated heterocycles. The third kappa shape index (κ3) is 2.71. The zero-order valence-electron chi connectivity index (χ0n) is 10.2. The van der Waals surface area contributed by atoms with Crippen LogP contribution in [0.2, 0.25) is 0 Å². The molecule has 0 radical (unpaired) electrons. The maximum absolute atomic E-state index is 14.5. The summed E-state index contributed by atoms with van der Waals surface area (Å²) in [6.45, 7) is 0. The highest BCUT2D eigenvalue weighted by molar-refractivity contribution is 9.10. The van der Waals surface area contributed by atoms with Crippen LogP contribution in [0.1, 0.15) is 11.1 Å². The highest BCUT2D eigenvalue weighted by Gasteiger charge is 2.37. The molecule has 0 atom stereocenters. The maximum Gasteiger partial charge on any atom is 0.302 e. The summed E-state index contributed by atoms with van der Waals surface area (Å²) < 4.78 is 34.6. The molecule has 0 unspecified atom stereocenters. The lowest BCUT2D eigenvalue weighted by molar-refractivity contribution is 0.0401. The number of benzene rings is 2. The third-order valence-corrected chi connectivity index (χ3v) is 3.27. The molecule has 2 N–H and O–H groups in total. The highest BCUT2D eigenvalue weighted by atomic mass is 79.9. The van der Waals surface area contributed by atoms with Gasteiger partial charge in [0.1, 0.15) is 5.75 Å². The SMILES string of the molecule is COc1ccc(Br)cc1C(F)(F)c1ccc(N)cc1. The molecule has 0 aliphatic carbocycles. The van der Waals surface area contributed by atoms with Gasteiger partial charge in [0.2, 0.25) is 0 Å². The largest absolute Gasteiger partial charge is 0.496 e. The molecule has 5 heteroatoms. The molecule has 0 fully saturated rings. The van der Waals surface area contributed by atoms with Gasteiger partial charge in [-0.05, 0) is 30.3 Å². The molecule has 0 aromatic heterocycles. The second-order valence-corrected chi connectivity index (χ2v) is 4.96. The summed E-state index contributed by atoms with van der Waals surface area (Å²) in [6, 6.07) is 10.0. The van der Waals surface area contributed by atoms with E-state index in [0.717, 1.165) is 0 Å². The molecule has 19 heavy (non-hydrogen) atoms. The maximum atomic E-state index is 14.5. The van der Waals surface area contributed by atoms with Gasteiger partial charge in [-0.15, -0.1) is 0 Å². The Bertz CT molecular complexity index is 584. The fourth-order valence-corrected chi connectivity index (χ4v) is 2.13. The van der Waals surface area contributed by atoms with Gasteiger partial charge in [-0.3, -0.25) is 0 Å². The van der Waals surface area contributed by atoms with Crippen LogP contribution < -0.4 is 10.5 Å². The minimum Gasteiger partial charge on any atom is -0.496 e. The Morgan fingerprint density at radius 1 is 1.11 bits per heavy atom. The van der Waals surface area contributed by atoms with Crippen LogP contribution in [0.15, 0.2) is 46.9 Å². The zero-order chi connectivity index (χ0) is 14.0. The van der Waals surface area contributed by atoms with Gasteiger partial charge >= 0.3 is 5.92 Å². The molecule has 100 valence electrons. The quantitative estimate of drug-likeness (QED) is 0.858. The molecule has 0 bridgehead atoms. The van der Waals surface area contributed by atoms with Gasteiger partial charge in [0.15, 0.2) is 0 Å². The van der Waals surface area contributed by atoms with E-state index in [1.165, 1.54) is 43.5 Å². The summed E-state index contributed by atoms with van der Waals surface area (Å²) in [6.07, 6.45) is 0. The number of nitrogen functional groups attached to an aromatic ring is 1. The van der Waals surface area contributed by atoms with Crippen LogP contribution >= 0.6 is 15.9 Å². The molecule has 0 aliphatic heterocycles. The summed E-state index contributed by atoms with van der Waals surface area (Å²) in [4.78, 5) is 0. The van der Waals surface area contributed by atoms with Crippen LogP contribution in [0.25, 0.3) is 0 Å². The molecule has 0 amide bonds. The minimum atomic E-state index is -3.15. The van der Waals surface area contributed by atoms with Crippen molar-refractivity contribution in [2.45, 2.75) is 5.92 Å². The van der Waals surface area contributed by atoms with E-state index in [-0.39, 0.29) is 16.9 Å². The first kappa shape index (κ1) is 13.8. The number of ether oxygens (including phenoxy) is 1. The van der Waals surface area contributed by atoms with Gasteiger partial charge in [-0.1, -0.05) is 28.1 Å². The van der Waals surface area contributed by atoms with Crippen LogP contribution in [-0.4, -0.2) is 7.11 Å². The van der Waals surface area contributed by atoms with Gasteiger partial charge in [0.25, 0.3) is 0 Å². The van der Waals surface area contributed by atoms with Crippen molar-refractivity contribution in [3.63, 3.8) is 0 Å². The standard InChI is InChI=1S/C14H12BrF2NO/c1-19-13-7-4-10(15)8-12(13)14(16,17)9-2-5-11(18)6-3-9/h2-8H,18H2,1H3. The van der Waals surface area contributed by atoms with Crippen molar-refractivity contribution in [1.82, 2.24) is 0 Å². The van der Waals surface area contributed by atoms with Gasteiger partial charge < -0.3 is 10.5 Å². The molecule has 0 heterocycles. The zero-order valence-corrected chi connectivity index (χ0v) is 11.7. The average molecular weight is 328 g/mol. The van der Waals surface area contributed by atoms with Gasteiger partial charge in [-0.25, -0.2) is 0 Å². The smallest absolute Gasteiger partial charge is 0.302 e. The van der Waals surface area contributed by atoms with E-state index < -0.39 is 5.92 Å². The first-order valence-electron chi connectivity index (χ1n) is 5.53. The van der Waals surface area contributed by atoms with Crippen molar-refractivity contribution in [3.8, 4) is 5.75 Å². The lowest BCUT2D eigenvalue weighted by atomic mass is 9.99. The average Bonchev–Trinajstić information content (AvgIpc) is 2.39. The molecular weight excluding hydrogens is 316 g/mol. The number of nitrogens with two attached hydrogens (primary N) is 1. The molecular formula is C14H12BrF2NO. The summed E-state index contributed by atoms with van der Waals surface area (Å²) in [7, 11) is 1.37. The van der Waals surface area contributed by atoms with E-state index >= 15 is 0 Å². The van der Waals surface area contributed by atoms with E-state index in [1.54, 1.807) is 6.07 Å². The molecule has 0 spiro atoms. The number of anilines is 1. The molecule has 0 saturated carbocycles. The normalized spacial score (nSPS) is 11.4. The van der Waals surface area contributed by atoms with Crippen molar-refractivity contribution in [3.05, 3.63) is 58.1 Å². The molecule has 2 rings (SSSR count). The van der Waals surface area contributed by atoms with E-state index in [4.69, 9.17) is 10.5 Å². The minimum absolute atomic E-state index is 0.127. The van der Waals surface area contributed by atoms with E-state index in [9.17, 15) is 8.78 Å². The van der Waals surface area contributed by atoms with Crippen molar-refractivity contribution in [2.24, 2.45) is 0 Å². The predicted molar refractivity (Wildman–Crippen MR) is 74.5 cm³/mol.